The van der Waals surface area contributed by atoms with Gasteiger partial charge < -0.3 is 19.7 Å². The average molecular weight is 230 g/mol. The summed E-state index contributed by atoms with van der Waals surface area (Å²) in [6.45, 7) is 3.06. The zero-order valence-electron chi connectivity index (χ0n) is 10.0. The van der Waals surface area contributed by atoms with Crippen molar-refractivity contribution in [2.24, 2.45) is 0 Å². The van der Waals surface area contributed by atoms with Crippen LogP contribution in [0.1, 0.15) is 25.7 Å². The van der Waals surface area contributed by atoms with Crippen LogP contribution in [0.15, 0.2) is 0 Å². The van der Waals surface area contributed by atoms with Gasteiger partial charge in [-0.1, -0.05) is 12.8 Å². The van der Waals surface area contributed by atoms with Gasteiger partial charge in [0, 0.05) is 20.2 Å². The van der Waals surface area contributed by atoms with Gasteiger partial charge >= 0.3 is 6.03 Å². The minimum absolute atomic E-state index is 0.0145. The number of rotatable bonds is 5. The van der Waals surface area contributed by atoms with Crippen molar-refractivity contribution in [1.82, 2.24) is 10.2 Å². The van der Waals surface area contributed by atoms with Gasteiger partial charge in [-0.15, -0.1) is 0 Å². The molecule has 0 bridgehead atoms. The van der Waals surface area contributed by atoms with Crippen molar-refractivity contribution in [2.45, 2.75) is 25.7 Å². The number of ether oxygens (including phenoxy) is 2. The van der Waals surface area contributed by atoms with Crippen LogP contribution >= 0.6 is 0 Å². The Balaban J connectivity index is 2.08. The largest absolute Gasteiger partial charge is 0.382 e. The van der Waals surface area contributed by atoms with Crippen LogP contribution in [-0.2, 0) is 9.47 Å². The summed E-state index contributed by atoms with van der Waals surface area (Å²) < 4.78 is 10.0. The summed E-state index contributed by atoms with van der Waals surface area (Å²) in [7, 11) is 1.62. The third kappa shape index (κ3) is 5.32. The van der Waals surface area contributed by atoms with E-state index in [1.807, 2.05) is 4.90 Å². The highest BCUT2D eigenvalue weighted by Crippen LogP contribution is 2.09. The predicted molar refractivity (Wildman–Crippen MR) is 61.3 cm³/mol. The number of nitrogens with zero attached hydrogens (tertiary/aromatic N) is 1. The molecule has 16 heavy (non-hydrogen) atoms. The van der Waals surface area contributed by atoms with E-state index in [2.05, 4.69) is 5.32 Å². The molecule has 94 valence electrons. The minimum Gasteiger partial charge on any atom is -0.382 e. The Bertz CT molecular complexity index is 192. The lowest BCUT2D eigenvalue weighted by Crippen LogP contribution is -2.41. The fourth-order valence-electron chi connectivity index (χ4n) is 1.71. The van der Waals surface area contributed by atoms with Crippen molar-refractivity contribution in [3.05, 3.63) is 0 Å². The normalized spacial score (nSPS) is 16.9. The van der Waals surface area contributed by atoms with E-state index in [4.69, 9.17) is 9.47 Å². The Kier molecular flexibility index (Phi) is 6.92. The molecule has 0 aromatic carbocycles. The summed E-state index contributed by atoms with van der Waals surface area (Å²) in [5.41, 5.74) is 0. The molecule has 1 rings (SSSR count). The van der Waals surface area contributed by atoms with Crippen LogP contribution < -0.4 is 5.32 Å². The van der Waals surface area contributed by atoms with E-state index in [0.29, 0.717) is 13.2 Å². The lowest BCUT2D eigenvalue weighted by atomic mass is 10.2. The molecule has 2 amide bonds. The molecule has 0 spiro atoms. The van der Waals surface area contributed by atoms with E-state index in [9.17, 15) is 4.79 Å². The van der Waals surface area contributed by atoms with Gasteiger partial charge in [0.05, 0.1) is 13.2 Å². The molecule has 0 aliphatic carbocycles. The Hall–Kier alpha value is -0.810. The standard InChI is InChI=1S/C11H22N2O3/c1-15-8-9-16-10-12-11(14)13-6-4-2-3-5-7-13/h2-10H2,1H3,(H,12,14). The van der Waals surface area contributed by atoms with Crippen molar-refractivity contribution in [1.29, 1.82) is 0 Å². The summed E-state index contributed by atoms with van der Waals surface area (Å²) in [4.78, 5) is 13.6. The fourth-order valence-corrected chi connectivity index (χ4v) is 1.71. The lowest BCUT2D eigenvalue weighted by molar-refractivity contribution is 0.0617. The molecule has 1 saturated heterocycles. The van der Waals surface area contributed by atoms with Crippen LogP contribution in [0.3, 0.4) is 0 Å². The van der Waals surface area contributed by atoms with E-state index in [1.54, 1.807) is 7.11 Å². The van der Waals surface area contributed by atoms with Gasteiger partial charge in [-0.25, -0.2) is 4.79 Å². The second-order valence-electron chi connectivity index (χ2n) is 3.93. The second-order valence-corrected chi connectivity index (χ2v) is 3.93. The molecule has 1 N–H and O–H groups in total. The zero-order chi connectivity index (χ0) is 11.6. The third-order valence-corrected chi connectivity index (χ3v) is 2.65. The number of urea groups is 1. The first kappa shape index (κ1) is 13.3. The van der Waals surface area contributed by atoms with Crippen LogP contribution in [0.25, 0.3) is 0 Å². The number of likely N-dealkylation sites (tertiary alicyclic amines) is 1. The Morgan fingerprint density at radius 2 is 1.88 bits per heavy atom. The molecule has 1 fully saturated rings. The van der Waals surface area contributed by atoms with Gasteiger partial charge in [0.25, 0.3) is 0 Å². The maximum Gasteiger partial charge on any atom is 0.319 e. The van der Waals surface area contributed by atoms with E-state index in [0.717, 1.165) is 25.9 Å². The van der Waals surface area contributed by atoms with Crippen molar-refractivity contribution in [2.75, 3.05) is 40.1 Å². The maximum absolute atomic E-state index is 11.7. The molecule has 1 heterocycles. The Labute approximate surface area is 97.1 Å². The number of nitrogens with one attached hydrogen (secondary N) is 1. The second kappa shape index (κ2) is 8.35. The first-order valence-corrected chi connectivity index (χ1v) is 5.94. The molecule has 0 atom stereocenters. The van der Waals surface area contributed by atoms with E-state index < -0.39 is 0 Å². The van der Waals surface area contributed by atoms with Crippen molar-refractivity contribution in [3.8, 4) is 0 Å². The van der Waals surface area contributed by atoms with Gasteiger partial charge in [0.1, 0.15) is 6.73 Å². The van der Waals surface area contributed by atoms with Gasteiger partial charge in [0.2, 0.25) is 0 Å². The molecule has 5 heteroatoms. The summed E-state index contributed by atoms with van der Waals surface area (Å²) in [6, 6.07) is -0.0145. The van der Waals surface area contributed by atoms with Crippen LogP contribution in [0.5, 0.6) is 0 Å². The molecule has 0 saturated carbocycles. The van der Waals surface area contributed by atoms with Gasteiger partial charge in [-0.2, -0.15) is 0 Å². The Morgan fingerprint density at radius 1 is 1.19 bits per heavy atom. The molecular weight excluding hydrogens is 208 g/mol. The molecule has 1 aliphatic heterocycles. The highest BCUT2D eigenvalue weighted by atomic mass is 16.5. The number of amides is 2. The van der Waals surface area contributed by atoms with Gasteiger partial charge in [-0.3, -0.25) is 0 Å². The minimum atomic E-state index is -0.0145. The van der Waals surface area contributed by atoms with E-state index in [-0.39, 0.29) is 12.8 Å². The Morgan fingerprint density at radius 3 is 2.50 bits per heavy atom. The SMILES string of the molecule is COCCOCNC(=O)N1CCCCCC1. The monoisotopic (exact) mass is 230 g/mol. The molecule has 0 aromatic heterocycles. The zero-order valence-corrected chi connectivity index (χ0v) is 10.0. The van der Waals surface area contributed by atoms with Crippen LogP contribution in [0.2, 0.25) is 0 Å². The van der Waals surface area contributed by atoms with Gasteiger partial charge in [0.15, 0.2) is 0 Å². The van der Waals surface area contributed by atoms with Crippen molar-refractivity contribution < 1.29 is 14.3 Å². The smallest absolute Gasteiger partial charge is 0.319 e. The summed E-state index contributed by atoms with van der Waals surface area (Å²) in [6.07, 6.45) is 4.68. The average Bonchev–Trinajstić information content (AvgIpc) is 2.57. The van der Waals surface area contributed by atoms with E-state index >= 15 is 0 Å². The van der Waals surface area contributed by atoms with Gasteiger partial charge in [-0.05, 0) is 12.8 Å². The molecule has 5 nitrogen and oxygen atoms in total. The third-order valence-electron chi connectivity index (χ3n) is 2.65. The highest BCUT2D eigenvalue weighted by Gasteiger charge is 2.14. The number of carbonyl (C=O) groups is 1. The summed E-state index contributed by atoms with van der Waals surface area (Å²) in [5.74, 6) is 0. The number of hydrogen-bond acceptors (Lipinski definition) is 3. The number of carbonyl (C=O) groups excluding carboxylic acids is 1. The maximum atomic E-state index is 11.7. The molecule has 0 aromatic rings. The quantitative estimate of drug-likeness (QED) is 0.570. The lowest BCUT2D eigenvalue weighted by Gasteiger charge is -2.20. The van der Waals surface area contributed by atoms with Crippen LogP contribution in [-0.4, -0.2) is 51.1 Å². The highest BCUT2D eigenvalue weighted by molar-refractivity contribution is 5.73. The molecule has 0 unspecified atom stereocenters. The fraction of sp³-hybridized carbons (Fsp3) is 0.909. The topological polar surface area (TPSA) is 50.8 Å². The van der Waals surface area contributed by atoms with Crippen molar-refractivity contribution >= 4 is 6.03 Å². The van der Waals surface area contributed by atoms with Crippen LogP contribution in [0, 0.1) is 0 Å². The number of methoxy groups -OCH3 is 1. The molecule has 0 radical (unpaired) electrons. The predicted octanol–water partition coefficient (Wildman–Crippen LogP) is 1.19. The first-order valence-electron chi connectivity index (χ1n) is 5.94. The number of hydrogen-bond donors (Lipinski definition) is 1. The van der Waals surface area contributed by atoms with Crippen LogP contribution in [0.4, 0.5) is 4.79 Å². The molecular formula is C11H22N2O3. The summed E-state index contributed by atoms with van der Waals surface area (Å²) in [5, 5.41) is 2.75. The van der Waals surface area contributed by atoms with Crippen molar-refractivity contribution in [3.63, 3.8) is 0 Å². The first-order chi connectivity index (χ1) is 7.84. The summed E-state index contributed by atoms with van der Waals surface area (Å²) >= 11 is 0. The van der Waals surface area contributed by atoms with E-state index in [1.165, 1.54) is 12.8 Å². The molecule has 1 aliphatic rings.